The standard InChI is InChI=1S/C11H18N2O2S/c1-7(11(14)15)8(2)13(4)5-10-6-16-9(3)12-10/h6-8H,5H2,1-4H3,(H,14,15). The van der Waals surface area contributed by atoms with Crippen LogP contribution in [0, 0.1) is 12.8 Å². The second-order valence-corrected chi connectivity index (χ2v) is 5.20. The zero-order chi connectivity index (χ0) is 12.3. The summed E-state index contributed by atoms with van der Waals surface area (Å²) >= 11 is 1.62. The molecule has 5 heteroatoms. The number of carbonyl (C=O) groups is 1. The average Bonchev–Trinajstić information content (AvgIpc) is 2.61. The van der Waals surface area contributed by atoms with Crippen molar-refractivity contribution in [1.82, 2.24) is 9.88 Å². The molecular weight excluding hydrogens is 224 g/mol. The van der Waals surface area contributed by atoms with Crippen molar-refractivity contribution in [1.29, 1.82) is 0 Å². The maximum atomic E-state index is 10.9. The Morgan fingerprint density at radius 1 is 1.62 bits per heavy atom. The minimum absolute atomic E-state index is 0.000457. The summed E-state index contributed by atoms with van der Waals surface area (Å²) in [7, 11) is 1.93. The lowest BCUT2D eigenvalue weighted by atomic mass is 10.0. The van der Waals surface area contributed by atoms with Crippen LogP contribution in [0.1, 0.15) is 24.5 Å². The highest BCUT2D eigenvalue weighted by atomic mass is 32.1. The number of carboxylic acids is 1. The van der Waals surface area contributed by atoms with Gasteiger partial charge in [-0.1, -0.05) is 6.92 Å². The molecule has 1 aromatic heterocycles. The number of rotatable bonds is 5. The van der Waals surface area contributed by atoms with Crippen LogP contribution in [-0.4, -0.2) is 34.0 Å². The minimum Gasteiger partial charge on any atom is -0.481 e. The normalized spacial score (nSPS) is 15.1. The minimum atomic E-state index is -0.756. The van der Waals surface area contributed by atoms with Crippen molar-refractivity contribution >= 4 is 17.3 Å². The van der Waals surface area contributed by atoms with Crippen LogP contribution in [0.4, 0.5) is 0 Å². The lowest BCUT2D eigenvalue weighted by molar-refractivity contribution is -0.143. The van der Waals surface area contributed by atoms with E-state index in [0.717, 1.165) is 10.7 Å². The van der Waals surface area contributed by atoms with Crippen molar-refractivity contribution in [3.05, 3.63) is 16.1 Å². The predicted octanol–water partition coefficient (Wildman–Crippen LogP) is 1.99. The Labute approximate surface area is 99.9 Å². The van der Waals surface area contributed by atoms with Gasteiger partial charge in [-0.2, -0.15) is 0 Å². The lowest BCUT2D eigenvalue weighted by Crippen LogP contribution is -2.37. The van der Waals surface area contributed by atoms with Gasteiger partial charge in [0, 0.05) is 18.0 Å². The van der Waals surface area contributed by atoms with E-state index in [1.165, 1.54) is 0 Å². The average molecular weight is 242 g/mol. The number of aliphatic carboxylic acids is 1. The van der Waals surface area contributed by atoms with Gasteiger partial charge in [0.15, 0.2) is 0 Å². The van der Waals surface area contributed by atoms with Gasteiger partial charge >= 0.3 is 5.97 Å². The molecule has 4 nitrogen and oxygen atoms in total. The molecule has 0 saturated heterocycles. The highest BCUT2D eigenvalue weighted by Gasteiger charge is 2.23. The first-order valence-electron chi connectivity index (χ1n) is 5.26. The second kappa shape index (κ2) is 5.41. The molecule has 0 spiro atoms. The predicted molar refractivity (Wildman–Crippen MR) is 64.6 cm³/mol. The molecule has 0 aromatic carbocycles. The smallest absolute Gasteiger partial charge is 0.307 e. The number of aryl methyl sites for hydroxylation is 1. The third kappa shape index (κ3) is 3.28. The maximum Gasteiger partial charge on any atom is 0.307 e. The van der Waals surface area contributed by atoms with Crippen LogP contribution in [0.25, 0.3) is 0 Å². The van der Waals surface area contributed by atoms with Crippen molar-refractivity contribution in [2.45, 2.75) is 33.4 Å². The van der Waals surface area contributed by atoms with Crippen LogP contribution in [-0.2, 0) is 11.3 Å². The first-order valence-corrected chi connectivity index (χ1v) is 6.14. The van der Waals surface area contributed by atoms with Crippen LogP contribution in [0.15, 0.2) is 5.38 Å². The van der Waals surface area contributed by atoms with Crippen molar-refractivity contribution in [2.75, 3.05) is 7.05 Å². The molecule has 16 heavy (non-hydrogen) atoms. The molecule has 1 N–H and O–H groups in total. The third-order valence-corrected chi connectivity index (χ3v) is 3.71. The number of hydrogen-bond acceptors (Lipinski definition) is 4. The van der Waals surface area contributed by atoms with Gasteiger partial charge in [0.05, 0.1) is 16.6 Å². The molecule has 1 rings (SSSR count). The van der Waals surface area contributed by atoms with Crippen molar-refractivity contribution in [2.24, 2.45) is 5.92 Å². The number of nitrogens with zero attached hydrogens (tertiary/aromatic N) is 2. The van der Waals surface area contributed by atoms with Gasteiger partial charge in [0.2, 0.25) is 0 Å². The molecule has 1 heterocycles. The van der Waals surface area contributed by atoms with Crippen LogP contribution in [0.2, 0.25) is 0 Å². The van der Waals surface area contributed by atoms with E-state index in [1.54, 1.807) is 18.3 Å². The number of carboxylic acid groups (broad SMARTS) is 1. The third-order valence-electron chi connectivity index (χ3n) is 2.89. The summed E-state index contributed by atoms with van der Waals surface area (Å²) in [6.45, 7) is 6.33. The SMILES string of the molecule is Cc1nc(CN(C)C(C)C(C)C(=O)O)cs1. The number of hydrogen-bond donors (Lipinski definition) is 1. The van der Waals surface area contributed by atoms with Gasteiger partial charge < -0.3 is 5.11 Å². The number of thiazole rings is 1. The van der Waals surface area contributed by atoms with E-state index < -0.39 is 5.97 Å². The van der Waals surface area contributed by atoms with Gasteiger partial charge in [-0.3, -0.25) is 9.69 Å². The topological polar surface area (TPSA) is 53.4 Å². The van der Waals surface area contributed by atoms with Crippen LogP contribution in [0.3, 0.4) is 0 Å². The molecule has 0 amide bonds. The Morgan fingerprint density at radius 3 is 2.69 bits per heavy atom. The highest BCUT2D eigenvalue weighted by Crippen LogP contribution is 2.14. The monoisotopic (exact) mass is 242 g/mol. The fourth-order valence-electron chi connectivity index (χ4n) is 1.47. The Kier molecular flexibility index (Phi) is 4.44. The Bertz CT molecular complexity index is 365. The molecule has 1 aromatic rings. The largest absolute Gasteiger partial charge is 0.481 e. The van der Waals surface area contributed by atoms with E-state index in [0.29, 0.717) is 6.54 Å². The molecular formula is C11H18N2O2S. The van der Waals surface area contributed by atoms with Gasteiger partial charge in [0.1, 0.15) is 0 Å². The fraction of sp³-hybridized carbons (Fsp3) is 0.636. The van der Waals surface area contributed by atoms with E-state index in [9.17, 15) is 4.79 Å². The van der Waals surface area contributed by atoms with Crippen molar-refractivity contribution in [3.8, 4) is 0 Å². The summed E-state index contributed by atoms with van der Waals surface area (Å²) in [5, 5.41) is 12.0. The van der Waals surface area contributed by atoms with Crippen molar-refractivity contribution < 1.29 is 9.90 Å². The van der Waals surface area contributed by atoms with Gasteiger partial charge in [-0.05, 0) is 20.9 Å². The molecule has 0 radical (unpaired) electrons. The summed E-state index contributed by atoms with van der Waals surface area (Å²) in [5.41, 5.74) is 1.01. The Balaban J connectivity index is 2.58. The van der Waals surface area contributed by atoms with Crippen molar-refractivity contribution in [3.63, 3.8) is 0 Å². The molecule has 2 unspecified atom stereocenters. The molecule has 0 bridgehead atoms. The first kappa shape index (κ1) is 13.1. The highest BCUT2D eigenvalue weighted by molar-refractivity contribution is 7.09. The molecule has 90 valence electrons. The summed E-state index contributed by atoms with van der Waals surface area (Å²) in [6.07, 6.45) is 0. The molecule has 0 saturated carbocycles. The summed E-state index contributed by atoms with van der Waals surface area (Å²) in [6, 6.07) is -0.000457. The zero-order valence-electron chi connectivity index (χ0n) is 10.1. The van der Waals surface area contributed by atoms with E-state index in [1.807, 2.05) is 31.2 Å². The van der Waals surface area contributed by atoms with E-state index >= 15 is 0 Å². The van der Waals surface area contributed by atoms with Crippen LogP contribution >= 0.6 is 11.3 Å². The zero-order valence-corrected chi connectivity index (χ0v) is 10.9. The van der Waals surface area contributed by atoms with Gasteiger partial charge in [-0.25, -0.2) is 4.98 Å². The van der Waals surface area contributed by atoms with E-state index in [-0.39, 0.29) is 12.0 Å². The molecule has 0 aliphatic heterocycles. The van der Waals surface area contributed by atoms with Crippen LogP contribution < -0.4 is 0 Å². The van der Waals surface area contributed by atoms with Gasteiger partial charge in [0.25, 0.3) is 0 Å². The Morgan fingerprint density at radius 2 is 2.25 bits per heavy atom. The Hall–Kier alpha value is -0.940. The molecule has 0 aliphatic carbocycles. The molecule has 0 fully saturated rings. The first-order chi connectivity index (χ1) is 7.41. The maximum absolute atomic E-state index is 10.9. The summed E-state index contributed by atoms with van der Waals surface area (Å²) in [4.78, 5) is 17.2. The lowest BCUT2D eigenvalue weighted by Gasteiger charge is -2.26. The summed E-state index contributed by atoms with van der Waals surface area (Å²) in [5.74, 6) is -1.13. The molecule has 0 aliphatic rings. The quantitative estimate of drug-likeness (QED) is 0.858. The van der Waals surface area contributed by atoms with Crippen LogP contribution in [0.5, 0.6) is 0 Å². The van der Waals surface area contributed by atoms with E-state index in [4.69, 9.17) is 5.11 Å². The van der Waals surface area contributed by atoms with Gasteiger partial charge in [-0.15, -0.1) is 11.3 Å². The van der Waals surface area contributed by atoms with E-state index in [2.05, 4.69) is 4.98 Å². The fourth-order valence-corrected chi connectivity index (χ4v) is 2.07. The second-order valence-electron chi connectivity index (χ2n) is 4.14. The molecule has 2 atom stereocenters. The number of aromatic nitrogens is 1. The summed E-state index contributed by atoms with van der Waals surface area (Å²) < 4.78 is 0.